The second-order valence-corrected chi connectivity index (χ2v) is 7.40. The lowest BCUT2D eigenvalue weighted by Crippen LogP contribution is -2.11. The standard InChI is InChI=1S/C24H24N4O3/c1-4-17(3)28-23-22(14-26-28)21(13-16(2)27-23)24(29)31-20-7-5-19(6-8-20)30-15-18-9-11-25-12-10-18/h5-14,17H,4,15H2,1-3H3. The summed E-state index contributed by atoms with van der Waals surface area (Å²) in [6.45, 7) is 6.47. The van der Waals surface area contributed by atoms with E-state index in [9.17, 15) is 4.79 Å². The average Bonchev–Trinajstić information content (AvgIpc) is 3.22. The first-order valence-electron chi connectivity index (χ1n) is 10.2. The molecule has 3 aromatic heterocycles. The second-order valence-electron chi connectivity index (χ2n) is 7.40. The third-order valence-electron chi connectivity index (χ3n) is 5.11. The van der Waals surface area contributed by atoms with Crippen LogP contribution >= 0.6 is 0 Å². The van der Waals surface area contributed by atoms with Gasteiger partial charge in [0.2, 0.25) is 0 Å². The number of hydrogen-bond acceptors (Lipinski definition) is 6. The van der Waals surface area contributed by atoms with E-state index < -0.39 is 5.97 Å². The quantitative estimate of drug-likeness (QED) is 0.315. The van der Waals surface area contributed by atoms with E-state index in [1.54, 1.807) is 48.9 Å². The van der Waals surface area contributed by atoms with Crippen LogP contribution in [0.4, 0.5) is 0 Å². The summed E-state index contributed by atoms with van der Waals surface area (Å²) in [5.41, 5.74) is 2.92. The minimum Gasteiger partial charge on any atom is -0.489 e. The molecule has 0 spiro atoms. The number of aryl methyl sites for hydroxylation is 1. The van der Waals surface area contributed by atoms with Crippen LogP contribution in [-0.2, 0) is 6.61 Å². The van der Waals surface area contributed by atoms with Crippen molar-refractivity contribution in [2.75, 3.05) is 0 Å². The van der Waals surface area contributed by atoms with Crippen LogP contribution in [0.5, 0.6) is 11.5 Å². The van der Waals surface area contributed by atoms with Gasteiger partial charge in [-0.1, -0.05) is 6.92 Å². The van der Waals surface area contributed by atoms with E-state index in [0.717, 1.165) is 17.7 Å². The van der Waals surface area contributed by atoms with Crippen molar-refractivity contribution < 1.29 is 14.3 Å². The van der Waals surface area contributed by atoms with Crippen LogP contribution in [0.1, 0.15) is 47.9 Å². The zero-order valence-electron chi connectivity index (χ0n) is 17.8. The van der Waals surface area contributed by atoms with Gasteiger partial charge in [0.1, 0.15) is 18.1 Å². The van der Waals surface area contributed by atoms with Gasteiger partial charge in [-0.05, 0) is 68.3 Å². The maximum Gasteiger partial charge on any atom is 0.344 e. The number of carbonyl (C=O) groups is 1. The Labute approximate surface area is 180 Å². The van der Waals surface area contributed by atoms with Crippen LogP contribution in [0.25, 0.3) is 11.0 Å². The lowest BCUT2D eigenvalue weighted by molar-refractivity contribution is 0.0736. The molecular weight excluding hydrogens is 392 g/mol. The molecule has 31 heavy (non-hydrogen) atoms. The normalized spacial score (nSPS) is 12.0. The van der Waals surface area contributed by atoms with Crippen molar-refractivity contribution in [3.05, 3.63) is 77.9 Å². The molecule has 3 heterocycles. The van der Waals surface area contributed by atoms with E-state index >= 15 is 0 Å². The molecule has 0 bridgehead atoms. The molecule has 0 N–H and O–H groups in total. The molecule has 4 aromatic rings. The highest BCUT2D eigenvalue weighted by atomic mass is 16.5. The maximum absolute atomic E-state index is 12.9. The molecule has 0 aliphatic carbocycles. The van der Waals surface area contributed by atoms with Gasteiger partial charge in [-0.25, -0.2) is 14.5 Å². The molecule has 0 saturated heterocycles. The Morgan fingerprint density at radius 1 is 1.10 bits per heavy atom. The van der Waals surface area contributed by atoms with Crippen LogP contribution < -0.4 is 9.47 Å². The highest BCUT2D eigenvalue weighted by molar-refractivity contribution is 6.03. The summed E-state index contributed by atoms with van der Waals surface area (Å²) in [6.07, 6.45) is 6.06. The van der Waals surface area contributed by atoms with Gasteiger partial charge in [-0.2, -0.15) is 5.10 Å². The van der Waals surface area contributed by atoms with E-state index in [1.165, 1.54) is 0 Å². The maximum atomic E-state index is 12.9. The Balaban J connectivity index is 1.49. The number of benzene rings is 1. The van der Waals surface area contributed by atoms with Gasteiger partial charge in [0.15, 0.2) is 5.65 Å². The molecule has 4 rings (SSSR count). The smallest absolute Gasteiger partial charge is 0.344 e. The van der Waals surface area contributed by atoms with E-state index in [4.69, 9.17) is 9.47 Å². The Bertz CT molecular complexity index is 1190. The van der Waals surface area contributed by atoms with Crippen molar-refractivity contribution in [1.29, 1.82) is 0 Å². The number of ether oxygens (including phenoxy) is 2. The van der Waals surface area contributed by atoms with E-state index in [1.807, 2.05) is 23.7 Å². The topological polar surface area (TPSA) is 79.1 Å². The van der Waals surface area contributed by atoms with Gasteiger partial charge in [0.25, 0.3) is 0 Å². The molecule has 1 unspecified atom stereocenters. The first kappa shape index (κ1) is 20.5. The van der Waals surface area contributed by atoms with Crippen molar-refractivity contribution in [2.45, 2.75) is 39.8 Å². The monoisotopic (exact) mass is 416 g/mol. The van der Waals surface area contributed by atoms with Gasteiger partial charge >= 0.3 is 5.97 Å². The first-order chi connectivity index (χ1) is 15.0. The summed E-state index contributed by atoms with van der Waals surface area (Å²) < 4.78 is 13.2. The third-order valence-corrected chi connectivity index (χ3v) is 5.11. The van der Waals surface area contributed by atoms with Crippen LogP contribution in [0.15, 0.2) is 61.1 Å². The molecule has 0 amide bonds. The average molecular weight is 416 g/mol. The molecule has 7 nitrogen and oxygen atoms in total. The molecule has 0 fully saturated rings. The molecule has 7 heteroatoms. The number of esters is 1. The van der Waals surface area contributed by atoms with Crippen LogP contribution in [0, 0.1) is 6.92 Å². The van der Waals surface area contributed by atoms with Crippen molar-refractivity contribution in [3.63, 3.8) is 0 Å². The summed E-state index contributed by atoms with van der Waals surface area (Å²) in [5, 5.41) is 5.13. The fraction of sp³-hybridized carbons (Fsp3) is 0.250. The summed E-state index contributed by atoms with van der Waals surface area (Å²) in [6, 6.07) is 12.7. The van der Waals surface area contributed by atoms with Gasteiger partial charge in [0, 0.05) is 18.1 Å². The Morgan fingerprint density at radius 3 is 2.52 bits per heavy atom. The number of hydrogen-bond donors (Lipinski definition) is 0. The SMILES string of the molecule is CCC(C)n1ncc2c(C(=O)Oc3ccc(OCc4ccncc4)cc3)cc(C)nc21. The Hall–Kier alpha value is -3.74. The fourth-order valence-electron chi connectivity index (χ4n) is 3.22. The minimum atomic E-state index is -0.440. The van der Waals surface area contributed by atoms with E-state index in [0.29, 0.717) is 34.7 Å². The predicted octanol–water partition coefficient (Wildman–Crippen LogP) is 4.90. The lowest BCUT2D eigenvalue weighted by atomic mass is 10.1. The molecule has 158 valence electrons. The first-order valence-corrected chi connectivity index (χ1v) is 10.2. The lowest BCUT2D eigenvalue weighted by Gasteiger charge is -2.11. The third kappa shape index (κ3) is 4.55. The molecule has 0 saturated carbocycles. The van der Waals surface area contributed by atoms with Crippen LogP contribution in [-0.4, -0.2) is 25.7 Å². The Kier molecular flexibility index (Phi) is 5.93. The van der Waals surface area contributed by atoms with Gasteiger partial charge in [0.05, 0.1) is 23.2 Å². The van der Waals surface area contributed by atoms with Crippen molar-refractivity contribution in [2.24, 2.45) is 0 Å². The summed E-state index contributed by atoms with van der Waals surface area (Å²) >= 11 is 0. The fourth-order valence-corrected chi connectivity index (χ4v) is 3.22. The van der Waals surface area contributed by atoms with Crippen LogP contribution in [0.2, 0.25) is 0 Å². The van der Waals surface area contributed by atoms with Gasteiger partial charge in [-0.3, -0.25) is 4.98 Å². The van der Waals surface area contributed by atoms with E-state index in [2.05, 4.69) is 28.9 Å². The van der Waals surface area contributed by atoms with Crippen molar-refractivity contribution in [3.8, 4) is 11.5 Å². The molecule has 1 atom stereocenters. The summed E-state index contributed by atoms with van der Waals surface area (Å²) in [4.78, 5) is 21.5. The number of rotatable bonds is 7. The molecular formula is C24H24N4O3. The summed E-state index contributed by atoms with van der Waals surface area (Å²) in [5.74, 6) is 0.691. The van der Waals surface area contributed by atoms with Gasteiger partial charge in [-0.15, -0.1) is 0 Å². The highest BCUT2D eigenvalue weighted by Gasteiger charge is 2.19. The molecule has 0 aliphatic heterocycles. The number of aromatic nitrogens is 4. The second kappa shape index (κ2) is 8.95. The number of fused-ring (bicyclic) bond motifs is 1. The minimum absolute atomic E-state index is 0.190. The zero-order chi connectivity index (χ0) is 21.8. The summed E-state index contributed by atoms with van der Waals surface area (Å²) in [7, 11) is 0. The zero-order valence-corrected chi connectivity index (χ0v) is 17.8. The van der Waals surface area contributed by atoms with E-state index in [-0.39, 0.29) is 6.04 Å². The van der Waals surface area contributed by atoms with Crippen molar-refractivity contribution in [1.82, 2.24) is 19.7 Å². The van der Waals surface area contributed by atoms with Crippen LogP contribution in [0.3, 0.4) is 0 Å². The predicted molar refractivity (Wildman–Crippen MR) is 117 cm³/mol. The molecule has 1 aromatic carbocycles. The number of pyridine rings is 2. The number of carbonyl (C=O) groups excluding carboxylic acids is 1. The van der Waals surface area contributed by atoms with Gasteiger partial charge < -0.3 is 9.47 Å². The van der Waals surface area contributed by atoms with Crippen molar-refractivity contribution >= 4 is 17.0 Å². The Morgan fingerprint density at radius 2 is 1.81 bits per heavy atom. The largest absolute Gasteiger partial charge is 0.489 e. The highest BCUT2D eigenvalue weighted by Crippen LogP contribution is 2.25. The number of nitrogens with zero attached hydrogens (tertiary/aromatic N) is 4. The molecule has 0 aliphatic rings. The molecule has 0 radical (unpaired) electrons.